The number of halogens is 1. The standard InChI is InChI=1S/C16H16FNO2/c1-10-7-11(4-5-14(10)17)9-18-16(19)13-8-12(13)15-3-2-6-20-15/h2-7,12-13H,8-9H2,1H3,(H,18,19). The van der Waals surface area contributed by atoms with Gasteiger partial charge in [-0.2, -0.15) is 0 Å². The second-order valence-corrected chi connectivity index (χ2v) is 5.27. The Morgan fingerprint density at radius 2 is 2.30 bits per heavy atom. The average molecular weight is 273 g/mol. The Morgan fingerprint density at radius 1 is 1.45 bits per heavy atom. The van der Waals surface area contributed by atoms with E-state index in [2.05, 4.69) is 5.32 Å². The molecule has 1 saturated carbocycles. The Balaban J connectivity index is 1.54. The first-order chi connectivity index (χ1) is 9.65. The Labute approximate surface area is 116 Å². The monoisotopic (exact) mass is 273 g/mol. The zero-order valence-corrected chi connectivity index (χ0v) is 11.2. The van der Waals surface area contributed by atoms with Gasteiger partial charge in [-0.25, -0.2) is 4.39 Å². The van der Waals surface area contributed by atoms with E-state index in [-0.39, 0.29) is 23.6 Å². The first-order valence-electron chi connectivity index (χ1n) is 6.71. The first-order valence-corrected chi connectivity index (χ1v) is 6.71. The number of nitrogens with one attached hydrogen (secondary N) is 1. The minimum absolute atomic E-state index is 0.00250. The molecule has 0 aliphatic heterocycles. The van der Waals surface area contributed by atoms with Gasteiger partial charge in [-0.05, 0) is 42.7 Å². The number of furan rings is 1. The summed E-state index contributed by atoms with van der Waals surface area (Å²) >= 11 is 0. The van der Waals surface area contributed by atoms with Crippen molar-refractivity contribution in [3.05, 3.63) is 59.3 Å². The van der Waals surface area contributed by atoms with E-state index >= 15 is 0 Å². The van der Waals surface area contributed by atoms with Gasteiger partial charge >= 0.3 is 0 Å². The maximum atomic E-state index is 13.1. The number of carbonyl (C=O) groups is 1. The smallest absolute Gasteiger partial charge is 0.224 e. The maximum absolute atomic E-state index is 13.1. The Bertz CT molecular complexity index is 621. The lowest BCUT2D eigenvalue weighted by atomic mass is 10.1. The minimum atomic E-state index is -0.222. The number of aryl methyl sites for hydroxylation is 1. The van der Waals surface area contributed by atoms with E-state index in [0.29, 0.717) is 12.1 Å². The van der Waals surface area contributed by atoms with Crippen LogP contribution in [-0.4, -0.2) is 5.91 Å². The summed E-state index contributed by atoms with van der Waals surface area (Å²) in [5.74, 6) is 0.902. The van der Waals surface area contributed by atoms with Gasteiger partial charge in [0.1, 0.15) is 11.6 Å². The molecule has 1 N–H and O–H groups in total. The molecule has 2 atom stereocenters. The molecule has 1 fully saturated rings. The van der Waals surface area contributed by atoms with Crippen molar-refractivity contribution in [2.24, 2.45) is 5.92 Å². The van der Waals surface area contributed by atoms with E-state index in [9.17, 15) is 9.18 Å². The summed E-state index contributed by atoms with van der Waals surface area (Å²) in [5.41, 5.74) is 1.50. The molecule has 1 heterocycles. The van der Waals surface area contributed by atoms with Gasteiger partial charge in [0.15, 0.2) is 0 Å². The van der Waals surface area contributed by atoms with Crippen molar-refractivity contribution >= 4 is 5.91 Å². The Hall–Kier alpha value is -2.10. The minimum Gasteiger partial charge on any atom is -0.469 e. The fourth-order valence-electron chi connectivity index (χ4n) is 2.44. The molecule has 0 spiro atoms. The van der Waals surface area contributed by atoms with Gasteiger partial charge in [-0.15, -0.1) is 0 Å². The van der Waals surface area contributed by atoms with Crippen molar-refractivity contribution in [3.63, 3.8) is 0 Å². The van der Waals surface area contributed by atoms with Gasteiger partial charge in [-0.1, -0.05) is 12.1 Å². The van der Waals surface area contributed by atoms with Crippen LogP contribution < -0.4 is 5.32 Å². The molecule has 104 valence electrons. The Kier molecular flexibility index (Phi) is 3.30. The molecule has 1 aromatic heterocycles. The van der Waals surface area contributed by atoms with Crippen molar-refractivity contribution in [2.75, 3.05) is 0 Å². The van der Waals surface area contributed by atoms with Gasteiger partial charge in [0, 0.05) is 18.4 Å². The van der Waals surface area contributed by atoms with Crippen molar-refractivity contribution in [1.82, 2.24) is 5.32 Å². The normalized spacial score (nSPS) is 20.7. The highest BCUT2D eigenvalue weighted by molar-refractivity contribution is 5.82. The summed E-state index contributed by atoms with van der Waals surface area (Å²) in [6, 6.07) is 8.62. The third-order valence-electron chi connectivity index (χ3n) is 3.72. The zero-order chi connectivity index (χ0) is 14.1. The van der Waals surface area contributed by atoms with Gasteiger partial charge in [0.05, 0.1) is 6.26 Å². The van der Waals surface area contributed by atoms with E-state index in [1.807, 2.05) is 12.1 Å². The molecular formula is C16H16FNO2. The van der Waals surface area contributed by atoms with Crippen LogP contribution in [0.3, 0.4) is 0 Å². The lowest BCUT2D eigenvalue weighted by Gasteiger charge is -2.06. The molecule has 2 aromatic rings. The van der Waals surface area contributed by atoms with Crippen LogP contribution in [0.2, 0.25) is 0 Å². The molecule has 3 rings (SSSR count). The van der Waals surface area contributed by atoms with Gasteiger partial charge in [-0.3, -0.25) is 4.79 Å². The summed E-state index contributed by atoms with van der Waals surface area (Å²) in [5, 5.41) is 2.90. The molecule has 3 nitrogen and oxygen atoms in total. The fourth-order valence-corrected chi connectivity index (χ4v) is 2.44. The van der Waals surface area contributed by atoms with Crippen LogP contribution in [0.5, 0.6) is 0 Å². The highest BCUT2D eigenvalue weighted by Crippen LogP contribution is 2.47. The summed E-state index contributed by atoms with van der Waals surface area (Å²) in [7, 11) is 0. The molecular weight excluding hydrogens is 257 g/mol. The predicted octanol–water partition coefficient (Wildman–Crippen LogP) is 3.15. The number of hydrogen-bond acceptors (Lipinski definition) is 2. The van der Waals surface area contributed by atoms with Crippen LogP contribution in [0.1, 0.15) is 29.2 Å². The number of hydrogen-bond donors (Lipinski definition) is 1. The molecule has 1 aliphatic rings. The molecule has 0 saturated heterocycles. The fraction of sp³-hybridized carbons (Fsp3) is 0.312. The van der Waals surface area contributed by atoms with Gasteiger partial charge in [0.2, 0.25) is 5.91 Å². The summed E-state index contributed by atoms with van der Waals surface area (Å²) in [6.07, 6.45) is 2.46. The Morgan fingerprint density at radius 3 is 3.00 bits per heavy atom. The number of carbonyl (C=O) groups excluding carboxylic acids is 1. The maximum Gasteiger partial charge on any atom is 0.224 e. The quantitative estimate of drug-likeness (QED) is 0.929. The lowest BCUT2D eigenvalue weighted by Crippen LogP contribution is -2.24. The predicted molar refractivity (Wildman–Crippen MR) is 72.5 cm³/mol. The molecule has 4 heteroatoms. The van der Waals surface area contributed by atoms with Crippen molar-refractivity contribution in [2.45, 2.75) is 25.8 Å². The highest BCUT2D eigenvalue weighted by Gasteiger charge is 2.45. The molecule has 1 aliphatic carbocycles. The van der Waals surface area contributed by atoms with Crippen molar-refractivity contribution in [1.29, 1.82) is 0 Å². The van der Waals surface area contributed by atoms with Crippen LogP contribution in [0.25, 0.3) is 0 Å². The highest BCUT2D eigenvalue weighted by atomic mass is 19.1. The molecule has 0 radical (unpaired) electrons. The molecule has 0 bridgehead atoms. The van der Waals surface area contributed by atoms with Crippen LogP contribution >= 0.6 is 0 Å². The van der Waals surface area contributed by atoms with Crippen molar-refractivity contribution < 1.29 is 13.6 Å². The van der Waals surface area contributed by atoms with Crippen LogP contribution in [0.15, 0.2) is 41.0 Å². The van der Waals surface area contributed by atoms with Crippen LogP contribution in [0, 0.1) is 18.7 Å². The average Bonchev–Trinajstić information content (AvgIpc) is 3.06. The van der Waals surface area contributed by atoms with E-state index in [0.717, 1.165) is 17.7 Å². The third-order valence-corrected chi connectivity index (χ3v) is 3.72. The second kappa shape index (κ2) is 5.12. The second-order valence-electron chi connectivity index (χ2n) is 5.27. The zero-order valence-electron chi connectivity index (χ0n) is 11.2. The van der Waals surface area contributed by atoms with E-state index in [4.69, 9.17) is 4.42 Å². The molecule has 2 unspecified atom stereocenters. The first kappa shape index (κ1) is 12.9. The number of amides is 1. The third kappa shape index (κ3) is 2.59. The topological polar surface area (TPSA) is 42.2 Å². The SMILES string of the molecule is Cc1cc(CNC(=O)C2CC2c2ccco2)ccc1F. The van der Waals surface area contributed by atoms with E-state index in [1.165, 1.54) is 6.07 Å². The van der Waals surface area contributed by atoms with Gasteiger partial charge in [0.25, 0.3) is 0 Å². The van der Waals surface area contributed by atoms with Crippen molar-refractivity contribution in [3.8, 4) is 0 Å². The molecule has 1 aromatic carbocycles. The molecule has 20 heavy (non-hydrogen) atoms. The van der Waals surface area contributed by atoms with E-state index in [1.54, 1.807) is 25.3 Å². The number of rotatable bonds is 4. The van der Waals surface area contributed by atoms with Crippen LogP contribution in [-0.2, 0) is 11.3 Å². The number of benzene rings is 1. The van der Waals surface area contributed by atoms with Crippen LogP contribution in [0.4, 0.5) is 4.39 Å². The summed E-state index contributed by atoms with van der Waals surface area (Å²) in [4.78, 5) is 12.0. The van der Waals surface area contributed by atoms with E-state index < -0.39 is 0 Å². The largest absolute Gasteiger partial charge is 0.469 e. The summed E-state index contributed by atoms with van der Waals surface area (Å²) in [6.45, 7) is 2.15. The molecule has 1 amide bonds. The summed E-state index contributed by atoms with van der Waals surface area (Å²) < 4.78 is 18.5. The lowest BCUT2D eigenvalue weighted by molar-refractivity contribution is -0.122. The van der Waals surface area contributed by atoms with Gasteiger partial charge < -0.3 is 9.73 Å².